The largest absolute Gasteiger partial charge is 0.344 e. The van der Waals surface area contributed by atoms with Gasteiger partial charge in [-0.2, -0.15) is 0 Å². The molecule has 4 heteroatoms. The molecule has 0 N–H and O–H groups in total. The van der Waals surface area contributed by atoms with Crippen LogP contribution >= 0.6 is 0 Å². The van der Waals surface area contributed by atoms with Crippen LogP contribution in [0.3, 0.4) is 0 Å². The van der Waals surface area contributed by atoms with Crippen molar-refractivity contribution in [2.75, 3.05) is 34.2 Å². The standard InChI is InChI=1S/C18H28N2O2/c1-18(2,3)17(22)15-10-8-7-9-14(15)13-16(21)20(6)12-11-19(4)5/h7-10H,11-13H2,1-6H3. The van der Waals surface area contributed by atoms with Crippen LogP contribution in [-0.4, -0.2) is 55.7 Å². The van der Waals surface area contributed by atoms with E-state index < -0.39 is 5.41 Å². The molecule has 0 bridgehead atoms. The quantitative estimate of drug-likeness (QED) is 0.758. The van der Waals surface area contributed by atoms with Crippen molar-refractivity contribution >= 4 is 11.7 Å². The summed E-state index contributed by atoms with van der Waals surface area (Å²) in [5, 5.41) is 0. The molecule has 0 aliphatic rings. The molecule has 0 saturated heterocycles. The van der Waals surface area contributed by atoms with Gasteiger partial charge in [-0.15, -0.1) is 0 Å². The Bertz CT molecular complexity index is 530. The third-order valence-corrected chi connectivity index (χ3v) is 3.59. The number of hydrogen-bond donors (Lipinski definition) is 0. The van der Waals surface area contributed by atoms with Crippen LogP contribution in [0.5, 0.6) is 0 Å². The Kier molecular flexibility index (Phi) is 6.30. The number of Topliss-reactive ketones (excluding diaryl/α,β-unsaturated/α-hetero) is 1. The number of carbonyl (C=O) groups excluding carboxylic acids is 2. The first-order chi connectivity index (χ1) is 10.1. The van der Waals surface area contributed by atoms with Gasteiger partial charge in [0.25, 0.3) is 0 Å². The lowest BCUT2D eigenvalue weighted by Gasteiger charge is -2.22. The molecule has 22 heavy (non-hydrogen) atoms. The molecule has 122 valence electrons. The van der Waals surface area contributed by atoms with Crippen molar-refractivity contribution in [1.82, 2.24) is 9.80 Å². The summed E-state index contributed by atoms with van der Waals surface area (Å²) in [6.45, 7) is 7.21. The van der Waals surface area contributed by atoms with Gasteiger partial charge in [0.1, 0.15) is 0 Å². The average Bonchev–Trinajstić information content (AvgIpc) is 2.43. The lowest BCUT2D eigenvalue weighted by molar-refractivity contribution is -0.129. The summed E-state index contributed by atoms with van der Waals surface area (Å²) in [6.07, 6.45) is 0.266. The van der Waals surface area contributed by atoms with Crippen LogP contribution in [0.15, 0.2) is 24.3 Å². The van der Waals surface area contributed by atoms with E-state index in [1.165, 1.54) is 0 Å². The third kappa shape index (κ3) is 5.26. The van der Waals surface area contributed by atoms with Gasteiger partial charge in [-0.3, -0.25) is 9.59 Å². The van der Waals surface area contributed by atoms with Gasteiger partial charge >= 0.3 is 0 Å². The molecule has 0 unspecified atom stereocenters. The highest BCUT2D eigenvalue weighted by Crippen LogP contribution is 2.23. The first-order valence-corrected chi connectivity index (χ1v) is 7.64. The van der Waals surface area contributed by atoms with Crippen LogP contribution in [0, 0.1) is 5.41 Å². The van der Waals surface area contributed by atoms with Crippen molar-refractivity contribution in [2.45, 2.75) is 27.2 Å². The van der Waals surface area contributed by atoms with E-state index in [2.05, 4.69) is 0 Å². The van der Waals surface area contributed by atoms with Crippen LogP contribution in [0.1, 0.15) is 36.7 Å². The van der Waals surface area contributed by atoms with Crippen LogP contribution in [-0.2, 0) is 11.2 Å². The summed E-state index contributed by atoms with van der Waals surface area (Å²) >= 11 is 0. The minimum absolute atomic E-state index is 0.0380. The summed E-state index contributed by atoms with van der Waals surface area (Å²) in [4.78, 5) is 28.6. The van der Waals surface area contributed by atoms with E-state index in [1.807, 2.05) is 64.0 Å². The van der Waals surface area contributed by atoms with Gasteiger partial charge in [0, 0.05) is 31.1 Å². The maximum Gasteiger partial charge on any atom is 0.226 e. The van der Waals surface area contributed by atoms with Crippen LogP contribution in [0.2, 0.25) is 0 Å². The van der Waals surface area contributed by atoms with E-state index in [4.69, 9.17) is 0 Å². The topological polar surface area (TPSA) is 40.6 Å². The number of ketones is 1. The fraction of sp³-hybridized carbons (Fsp3) is 0.556. The number of rotatable bonds is 6. The molecule has 1 amide bonds. The fourth-order valence-corrected chi connectivity index (χ4v) is 2.07. The number of amides is 1. The number of nitrogens with zero attached hydrogens (tertiary/aromatic N) is 2. The average molecular weight is 304 g/mol. The second-order valence-electron chi connectivity index (χ2n) is 7.03. The predicted molar refractivity (Wildman–Crippen MR) is 90.1 cm³/mol. The number of likely N-dealkylation sites (N-methyl/N-ethyl adjacent to an activating group) is 2. The lowest BCUT2D eigenvalue weighted by Crippen LogP contribution is -2.34. The molecule has 0 fully saturated rings. The van der Waals surface area contributed by atoms with Crippen LogP contribution in [0.4, 0.5) is 0 Å². The van der Waals surface area contributed by atoms with Gasteiger partial charge in [-0.05, 0) is 19.7 Å². The molecule has 0 atom stereocenters. The molecule has 0 radical (unpaired) electrons. The zero-order chi connectivity index (χ0) is 16.9. The Hall–Kier alpha value is -1.68. The highest BCUT2D eigenvalue weighted by atomic mass is 16.2. The molecule has 0 aliphatic heterocycles. The Morgan fingerprint density at radius 2 is 1.59 bits per heavy atom. The summed E-state index contributed by atoms with van der Waals surface area (Å²) in [6, 6.07) is 7.41. The van der Waals surface area contributed by atoms with E-state index in [0.717, 1.165) is 12.1 Å². The fourth-order valence-electron chi connectivity index (χ4n) is 2.07. The molecule has 0 heterocycles. The van der Waals surface area contributed by atoms with Gasteiger partial charge in [0.15, 0.2) is 5.78 Å². The molecule has 0 spiro atoms. The monoisotopic (exact) mass is 304 g/mol. The van der Waals surface area contributed by atoms with E-state index in [-0.39, 0.29) is 18.1 Å². The molecular weight excluding hydrogens is 276 g/mol. The van der Waals surface area contributed by atoms with E-state index >= 15 is 0 Å². The van der Waals surface area contributed by atoms with Crippen LogP contribution in [0.25, 0.3) is 0 Å². The van der Waals surface area contributed by atoms with E-state index in [0.29, 0.717) is 12.1 Å². The van der Waals surface area contributed by atoms with Crippen molar-refractivity contribution in [1.29, 1.82) is 0 Å². The van der Waals surface area contributed by atoms with Gasteiger partial charge < -0.3 is 9.80 Å². The SMILES string of the molecule is CN(C)CCN(C)C(=O)Cc1ccccc1C(=O)C(C)(C)C. The molecule has 1 aromatic rings. The van der Waals surface area contributed by atoms with Gasteiger partial charge in [-0.25, -0.2) is 0 Å². The number of hydrogen-bond acceptors (Lipinski definition) is 3. The normalized spacial score (nSPS) is 11.6. The molecule has 4 nitrogen and oxygen atoms in total. The maximum atomic E-state index is 12.5. The van der Waals surface area contributed by atoms with Gasteiger partial charge in [-0.1, -0.05) is 45.0 Å². The Morgan fingerprint density at radius 1 is 1.00 bits per heavy atom. The maximum absolute atomic E-state index is 12.5. The second-order valence-corrected chi connectivity index (χ2v) is 7.03. The molecule has 1 rings (SSSR count). The first-order valence-electron chi connectivity index (χ1n) is 7.64. The summed E-state index contributed by atoms with van der Waals surface area (Å²) in [7, 11) is 5.77. The highest BCUT2D eigenvalue weighted by Gasteiger charge is 2.25. The minimum Gasteiger partial charge on any atom is -0.344 e. The number of benzene rings is 1. The zero-order valence-corrected chi connectivity index (χ0v) is 14.6. The van der Waals surface area contributed by atoms with E-state index in [9.17, 15) is 9.59 Å². The minimum atomic E-state index is -0.448. The summed E-state index contributed by atoms with van der Waals surface area (Å²) < 4.78 is 0. The Labute approximate surface area is 134 Å². The zero-order valence-electron chi connectivity index (χ0n) is 14.6. The van der Waals surface area contributed by atoms with Crippen molar-refractivity contribution in [3.05, 3.63) is 35.4 Å². The second kappa shape index (κ2) is 7.54. The summed E-state index contributed by atoms with van der Waals surface area (Å²) in [5.74, 6) is 0.114. The molecule has 0 aliphatic carbocycles. The first kappa shape index (κ1) is 18.4. The van der Waals surface area contributed by atoms with Crippen molar-refractivity contribution < 1.29 is 9.59 Å². The predicted octanol–water partition coefficient (Wildman–Crippen LogP) is 2.48. The van der Waals surface area contributed by atoms with Crippen molar-refractivity contribution in [2.24, 2.45) is 5.41 Å². The Balaban J connectivity index is 2.86. The Morgan fingerprint density at radius 3 is 2.14 bits per heavy atom. The highest BCUT2D eigenvalue weighted by molar-refractivity contribution is 6.01. The van der Waals surface area contributed by atoms with Gasteiger partial charge in [0.2, 0.25) is 5.91 Å². The molecule has 0 aromatic heterocycles. The third-order valence-electron chi connectivity index (χ3n) is 3.59. The number of carbonyl (C=O) groups is 2. The smallest absolute Gasteiger partial charge is 0.226 e. The molecule has 0 saturated carbocycles. The van der Waals surface area contributed by atoms with Gasteiger partial charge in [0.05, 0.1) is 6.42 Å². The van der Waals surface area contributed by atoms with Crippen LogP contribution < -0.4 is 0 Å². The van der Waals surface area contributed by atoms with Crippen molar-refractivity contribution in [3.8, 4) is 0 Å². The van der Waals surface area contributed by atoms with Crippen molar-refractivity contribution in [3.63, 3.8) is 0 Å². The molecule has 1 aromatic carbocycles. The van der Waals surface area contributed by atoms with E-state index in [1.54, 1.807) is 11.9 Å². The summed E-state index contributed by atoms with van der Waals surface area (Å²) in [5.41, 5.74) is 1.02. The lowest BCUT2D eigenvalue weighted by atomic mass is 9.84. The molecular formula is C18H28N2O2.